The Morgan fingerprint density at radius 1 is 0.147 bits per heavy atom. The van der Waals surface area contributed by atoms with Gasteiger partial charge in [0.1, 0.15) is 0 Å². The van der Waals surface area contributed by atoms with E-state index in [9.17, 15) is 0 Å². The van der Waals surface area contributed by atoms with Crippen LogP contribution in [0.1, 0.15) is 0 Å². The van der Waals surface area contributed by atoms with E-state index in [1.165, 1.54) is 84.0 Å². The number of nitrogens with zero attached hydrogens (tertiary/aromatic N) is 8. The molecule has 0 radical (unpaired) electrons. The Bertz CT molecular complexity index is 8810. The molecule has 0 atom stereocenters. The number of para-hydroxylation sites is 4. The number of rotatable bonds is 16. The van der Waals surface area contributed by atoms with Gasteiger partial charge in [-0.25, -0.2) is 29.9 Å². The molecule has 8 nitrogen and oxygen atoms in total. The molecule has 6 heterocycles. The molecule has 0 saturated carbocycles. The highest BCUT2D eigenvalue weighted by Gasteiger charge is 2.27. The molecule has 0 unspecified atom stereocenters. The monoisotopic (exact) mass is 1770 g/mol. The van der Waals surface area contributed by atoms with Crippen LogP contribution in [0, 0.1) is 0 Å². The zero-order chi connectivity index (χ0) is 89.9. The molecule has 0 bridgehead atoms. The molecule has 6 aromatic heterocycles. The predicted molar refractivity (Wildman–Crippen MR) is 570 cm³/mol. The van der Waals surface area contributed by atoms with Crippen molar-refractivity contribution in [1.82, 2.24) is 39.0 Å². The van der Waals surface area contributed by atoms with Crippen LogP contribution in [-0.4, -0.2) is 39.0 Å². The van der Waals surface area contributed by atoms with Crippen molar-refractivity contribution in [3.05, 3.63) is 485 Å². The Hall–Kier alpha value is -17.5. The lowest BCUT2D eigenvalue weighted by Crippen LogP contribution is -2.01. The molecule has 0 N–H and O–H groups in total. The Morgan fingerprint density at radius 2 is 0.456 bits per heavy atom. The van der Waals surface area contributed by atoms with Crippen molar-refractivity contribution in [2.24, 2.45) is 0 Å². The third-order valence-electron chi connectivity index (χ3n) is 26.1. The number of hydrogen-bond donors (Lipinski definition) is 0. The van der Waals surface area contributed by atoms with Gasteiger partial charge in [0.05, 0.1) is 22.1 Å². The van der Waals surface area contributed by atoms with Crippen molar-refractivity contribution in [3.63, 3.8) is 0 Å². The normalized spacial score (nSPS) is 11.5. The molecule has 26 rings (SSSR count). The maximum absolute atomic E-state index is 5.40. The molecule has 136 heavy (non-hydrogen) atoms. The third kappa shape index (κ3) is 14.7. The van der Waals surface area contributed by atoms with Crippen LogP contribution in [-0.2, 0) is 0 Å². The highest BCUT2D eigenvalue weighted by Crippen LogP contribution is 2.52. The first kappa shape index (κ1) is 80.5. The molecule has 0 amide bonds. The summed E-state index contributed by atoms with van der Waals surface area (Å²) in [5.74, 6) is 3.71. The fourth-order valence-corrected chi connectivity index (χ4v) is 22.2. The van der Waals surface area contributed by atoms with Gasteiger partial charge < -0.3 is 9.13 Å². The van der Waals surface area contributed by atoms with Gasteiger partial charge in [-0.1, -0.05) is 394 Å². The molecule has 636 valence electrons. The summed E-state index contributed by atoms with van der Waals surface area (Å²) in [4.78, 5) is 31.7. The zero-order valence-electron chi connectivity index (χ0n) is 73.6. The molecule has 26 aromatic rings. The van der Waals surface area contributed by atoms with E-state index >= 15 is 0 Å². The maximum atomic E-state index is 5.40. The second kappa shape index (κ2) is 34.6. The minimum Gasteiger partial charge on any atom is -0.309 e. The Kier molecular flexibility index (Phi) is 20.5. The van der Waals surface area contributed by atoms with Crippen LogP contribution in [0.15, 0.2) is 485 Å². The van der Waals surface area contributed by atoms with E-state index in [1.807, 2.05) is 95.5 Å². The van der Waals surface area contributed by atoms with Gasteiger partial charge in [0.15, 0.2) is 34.9 Å². The van der Waals surface area contributed by atoms with Gasteiger partial charge in [-0.2, -0.15) is 0 Å². The van der Waals surface area contributed by atoms with Crippen LogP contribution in [0.25, 0.3) is 253 Å². The van der Waals surface area contributed by atoms with Gasteiger partial charge in [-0.3, -0.25) is 0 Å². The van der Waals surface area contributed by atoms with Crippen LogP contribution < -0.4 is 0 Å². The second-order valence-electron chi connectivity index (χ2n) is 34.2. The van der Waals surface area contributed by atoms with E-state index in [0.717, 1.165) is 134 Å². The summed E-state index contributed by atoms with van der Waals surface area (Å²) >= 11 is 3.69. The largest absolute Gasteiger partial charge is 0.309 e. The van der Waals surface area contributed by atoms with E-state index in [2.05, 4.69) is 422 Å². The SMILES string of the molecule is c1ccc(-c2nc(-c3ccccc3)nc(-c3cc(-c4c(-c5ccccc5)cccc4-c4ccccc4)ccc3-c3ccc4sc5cc6c(cc5c4c3)c3ccccc3n6-c3ccccc3)n2)cc1.c1ccc(-c2nc(-c3ccccc3)nc(-c3cc(-c4c(-c5ccccc5)cccc4-c4ccccc4)ccc3-c3cccc4sc5cc6c(cc5c34)c3ccccc3n6-c3ccccc3)n2)cc1. The summed E-state index contributed by atoms with van der Waals surface area (Å²) in [6, 6.07) is 173. The van der Waals surface area contributed by atoms with Gasteiger partial charge in [-0.05, 0) is 180 Å². The molecule has 0 aliphatic carbocycles. The van der Waals surface area contributed by atoms with Gasteiger partial charge in [0.2, 0.25) is 0 Å². The standard InChI is InChI=1S/2C63H40N4S/c1-6-20-41(21-7-1)47-31-18-32-48(42-22-8-2-9-23-42)59(47)45-36-37-49(53(38-45)63-65-61(43-24-10-3-11-25-43)64-62(66-63)44-26-12-4-13-27-44)51-33-19-35-57-60(51)54-39-52-50-30-16-17-34-55(50)67(46-28-14-5-15-29-46)56(52)40-58(54)68-57;1-6-19-41(20-7-1)49-30-18-31-50(42-21-8-2-9-22-42)60(49)46-33-35-48(55(38-46)63-65-61(43-23-10-3-11-24-43)64-62(66-63)44-25-12-4-13-26-44)45-34-36-58-53(37-45)54-39-52-51-29-16-17-32-56(51)67(47-27-14-5-15-28-47)57(52)40-59(54)68-58/h2*1-40H. The maximum Gasteiger partial charge on any atom is 0.164 e. The first-order valence-electron chi connectivity index (χ1n) is 45.9. The molecule has 0 saturated heterocycles. The lowest BCUT2D eigenvalue weighted by atomic mass is 9.85. The summed E-state index contributed by atoms with van der Waals surface area (Å²) in [6.45, 7) is 0. The summed E-state index contributed by atoms with van der Waals surface area (Å²) in [7, 11) is 0. The number of benzene rings is 20. The average Bonchev–Trinajstić information content (AvgIpc) is 1.55. The molecular formula is C126H80N8S2. The third-order valence-corrected chi connectivity index (χ3v) is 28.4. The molecule has 0 fully saturated rings. The van der Waals surface area contributed by atoms with E-state index in [1.54, 1.807) is 0 Å². The first-order chi connectivity index (χ1) is 67.4. The van der Waals surface area contributed by atoms with E-state index in [0.29, 0.717) is 34.9 Å². The van der Waals surface area contributed by atoms with Gasteiger partial charge in [-0.15, -0.1) is 22.7 Å². The molecule has 10 heteroatoms. The minimum atomic E-state index is 0.609. The fraction of sp³-hybridized carbons (Fsp3) is 0. The van der Waals surface area contributed by atoms with E-state index < -0.39 is 0 Å². The zero-order valence-corrected chi connectivity index (χ0v) is 75.2. The number of hydrogen-bond acceptors (Lipinski definition) is 8. The van der Waals surface area contributed by atoms with Crippen LogP contribution >= 0.6 is 22.7 Å². The summed E-state index contributed by atoms with van der Waals surface area (Å²) in [5, 5.41) is 9.86. The Morgan fingerprint density at radius 3 is 0.868 bits per heavy atom. The number of fused-ring (bicyclic) bond motifs is 12. The lowest BCUT2D eigenvalue weighted by Gasteiger charge is -2.19. The molecular weight excluding hydrogens is 1690 g/mol. The van der Waals surface area contributed by atoms with E-state index in [-0.39, 0.29) is 0 Å². The summed E-state index contributed by atoms with van der Waals surface area (Å²) in [5.41, 5.74) is 30.6. The number of thiophene rings is 2. The van der Waals surface area contributed by atoms with Crippen LogP contribution in [0.2, 0.25) is 0 Å². The molecule has 0 spiro atoms. The molecule has 0 aliphatic rings. The van der Waals surface area contributed by atoms with Crippen molar-refractivity contribution in [1.29, 1.82) is 0 Å². The fourth-order valence-electron chi connectivity index (χ4n) is 19.9. The first-order valence-corrected chi connectivity index (χ1v) is 47.5. The summed E-state index contributed by atoms with van der Waals surface area (Å²) in [6.07, 6.45) is 0. The highest BCUT2D eigenvalue weighted by molar-refractivity contribution is 7.26. The molecule has 20 aromatic carbocycles. The van der Waals surface area contributed by atoms with Gasteiger partial charge in [0, 0.05) is 107 Å². The van der Waals surface area contributed by atoms with Crippen LogP contribution in [0.5, 0.6) is 0 Å². The average molecular weight is 1770 g/mol. The van der Waals surface area contributed by atoms with Crippen molar-refractivity contribution in [2.45, 2.75) is 0 Å². The second-order valence-corrected chi connectivity index (χ2v) is 36.4. The minimum absolute atomic E-state index is 0.609. The van der Waals surface area contributed by atoms with Crippen molar-refractivity contribution in [3.8, 4) is 169 Å². The van der Waals surface area contributed by atoms with Gasteiger partial charge in [0.25, 0.3) is 0 Å². The smallest absolute Gasteiger partial charge is 0.164 e. The Labute approximate surface area is 793 Å². The molecule has 0 aliphatic heterocycles. The van der Waals surface area contributed by atoms with Gasteiger partial charge >= 0.3 is 0 Å². The Balaban J connectivity index is 0.000000145. The van der Waals surface area contributed by atoms with Crippen molar-refractivity contribution < 1.29 is 0 Å². The van der Waals surface area contributed by atoms with Crippen LogP contribution in [0.4, 0.5) is 0 Å². The van der Waals surface area contributed by atoms with Crippen LogP contribution in [0.3, 0.4) is 0 Å². The van der Waals surface area contributed by atoms with Crippen molar-refractivity contribution in [2.75, 3.05) is 0 Å². The summed E-state index contributed by atoms with van der Waals surface area (Å²) < 4.78 is 9.76. The quantitative estimate of drug-likeness (QED) is 0.0958. The topological polar surface area (TPSA) is 87.2 Å². The van der Waals surface area contributed by atoms with Crippen molar-refractivity contribution >= 4 is 107 Å². The van der Waals surface area contributed by atoms with E-state index in [4.69, 9.17) is 29.9 Å². The highest BCUT2D eigenvalue weighted by atomic mass is 32.1. The predicted octanol–water partition coefficient (Wildman–Crippen LogP) is 34.0. The number of aromatic nitrogens is 8. The lowest BCUT2D eigenvalue weighted by molar-refractivity contribution is 1.07.